The number of rotatable bonds is 4. The van der Waals surface area contributed by atoms with Crippen LogP contribution in [0, 0.1) is 5.92 Å². The molecule has 23 heavy (non-hydrogen) atoms. The quantitative estimate of drug-likeness (QED) is 0.918. The molecule has 0 bridgehead atoms. The minimum absolute atomic E-state index is 0.0465. The first-order valence-electron chi connectivity index (χ1n) is 8.01. The van der Waals surface area contributed by atoms with Gasteiger partial charge in [0.25, 0.3) is 0 Å². The van der Waals surface area contributed by atoms with Crippen LogP contribution in [-0.4, -0.2) is 52.9 Å². The van der Waals surface area contributed by atoms with E-state index in [0.717, 1.165) is 0 Å². The number of halogens is 1. The summed E-state index contributed by atoms with van der Waals surface area (Å²) < 4.78 is 0. The Morgan fingerprint density at radius 3 is 2.48 bits per heavy atom. The fraction of sp³-hybridized carbons (Fsp3) is 0.562. The standard InChI is InChI=1S/C16H23ClN4O2/c1-3-20(4-2)16(23)21-9-7-12(8-10-21)15(22)19-14-6-5-13(17)11-18-14/h5-6,11-12H,3-4,7-10H2,1-2H3,(H,18,19,22). The molecule has 3 amide bonds. The van der Waals surface area contributed by atoms with Crippen LogP contribution < -0.4 is 5.32 Å². The fourth-order valence-corrected chi connectivity index (χ4v) is 2.82. The summed E-state index contributed by atoms with van der Waals surface area (Å²) in [5.41, 5.74) is 0. The van der Waals surface area contributed by atoms with Crippen molar-refractivity contribution in [1.29, 1.82) is 0 Å². The number of aromatic nitrogens is 1. The van der Waals surface area contributed by atoms with Crippen molar-refractivity contribution in [3.63, 3.8) is 0 Å². The van der Waals surface area contributed by atoms with Crippen LogP contribution in [0.15, 0.2) is 18.3 Å². The van der Waals surface area contributed by atoms with Crippen LogP contribution in [0.5, 0.6) is 0 Å². The largest absolute Gasteiger partial charge is 0.325 e. The van der Waals surface area contributed by atoms with E-state index in [2.05, 4.69) is 10.3 Å². The normalized spacial score (nSPS) is 15.3. The lowest BCUT2D eigenvalue weighted by molar-refractivity contribution is -0.121. The molecule has 1 N–H and O–H groups in total. The zero-order chi connectivity index (χ0) is 16.8. The van der Waals surface area contributed by atoms with Crippen LogP contribution in [0.25, 0.3) is 0 Å². The molecule has 0 aromatic carbocycles. The van der Waals surface area contributed by atoms with Gasteiger partial charge in [-0.1, -0.05) is 11.6 Å². The predicted molar refractivity (Wildman–Crippen MR) is 90.5 cm³/mol. The number of carbonyl (C=O) groups is 2. The molecule has 0 unspecified atom stereocenters. The average molecular weight is 339 g/mol. The van der Waals surface area contributed by atoms with Gasteiger partial charge in [-0.15, -0.1) is 0 Å². The Morgan fingerprint density at radius 1 is 1.30 bits per heavy atom. The van der Waals surface area contributed by atoms with Crippen molar-refractivity contribution in [2.45, 2.75) is 26.7 Å². The summed E-state index contributed by atoms with van der Waals surface area (Å²) in [7, 11) is 0. The van der Waals surface area contributed by atoms with E-state index in [-0.39, 0.29) is 17.9 Å². The van der Waals surface area contributed by atoms with E-state index in [0.29, 0.717) is 49.9 Å². The molecule has 0 spiro atoms. The molecule has 7 heteroatoms. The molecule has 0 saturated carbocycles. The van der Waals surface area contributed by atoms with Crippen molar-refractivity contribution < 1.29 is 9.59 Å². The van der Waals surface area contributed by atoms with Gasteiger partial charge in [-0.05, 0) is 38.8 Å². The number of amides is 3. The minimum atomic E-state index is -0.0896. The Kier molecular flexibility index (Phi) is 6.21. The predicted octanol–water partition coefficient (Wildman–Crippen LogP) is 2.85. The summed E-state index contributed by atoms with van der Waals surface area (Å²) in [6.45, 7) is 6.58. The van der Waals surface area contributed by atoms with E-state index in [9.17, 15) is 9.59 Å². The number of nitrogens with zero attached hydrogens (tertiary/aromatic N) is 3. The van der Waals surface area contributed by atoms with Gasteiger partial charge in [0, 0.05) is 38.3 Å². The van der Waals surface area contributed by atoms with Crippen LogP contribution >= 0.6 is 11.6 Å². The molecule has 1 aliphatic heterocycles. The van der Waals surface area contributed by atoms with Gasteiger partial charge < -0.3 is 15.1 Å². The number of likely N-dealkylation sites (tertiary alicyclic amines) is 1. The summed E-state index contributed by atoms with van der Waals surface area (Å²) in [5.74, 6) is 0.365. The zero-order valence-corrected chi connectivity index (χ0v) is 14.3. The van der Waals surface area contributed by atoms with E-state index >= 15 is 0 Å². The number of hydrogen-bond donors (Lipinski definition) is 1. The van der Waals surface area contributed by atoms with Crippen molar-refractivity contribution in [3.05, 3.63) is 23.4 Å². The van der Waals surface area contributed by atoms with Gasteiger partial charge in [0.1, 0.15) is 5.82 Å². The molecule has 1 aromatic heterocycles. The van der Waals surface area contributed by atoms with E-state index in [1.807, 2.05) is 18.7 Å². The first kappa shape index (κ1) is 17.5. The van der Waals surface area contributed by atoms with Gasteiger partial charge in [0.15, 0.2) is 0 Å². The Hall–Kier alpha value is -1.82. The maximum atomic E-state index is 12.3. The molecule has 0 atom stereocenters. The molecule has 1 aliphatic rings. The van der Waals surface area contributed by atoms with Gasteiger partial charge in [-0.3, -0.25) is 4.79 Å². The fourth-order valence-electron chi connectivity index (χ4n) is 2.71. The van der Waals surface area contributed by atoms with Gasteiger partial charge in [-0.25, -0.2) is 9.78 Å². The smallest absolute Gasteiger partial charge is 0.319 e. The highest BCUT2D eigenvalue weighted by Gasteiger charge is 2.28. The summed E-state index contributed by atoms with van der Waals surface area (Å²) in [6.07, 6.45) is 2.85. The Labute approximate surface area is 141 Å². The highest BCUT2D eigenvalue weighted by molar-refractivity contribution is 6.30. The maximum Gasteiger partial charge on any atom is 0.319 e. The molecular weight excluding hydrogens is 316 g/mol. The number of anilines is 1. The summed E-state index contributed by atoms with van der Waals surface area (Å²) in [4.78, 5) is 32.3. The molecule has 126 valence electrons. The first-order chi connectivity index (χ1) is 11.0. The monoisotopic (exact) mass is 338 g/mol. The Morgan fingerprint density at radius 2 is 1.96 bits per heavy atom. The second-order valence-electron chi connectivity index (χ2n) is 5.57. The SMILES string of the molecule is CCN(CC)C(=O)N1CCC(C(=O)Nc2ccc(Cl)cn2)CC1. The molecule has 0 radical (unpaired) electrons. The lowest BCUT2D eigenvalue weighted by atomic mass is 9.96. The number of urea groups is 1. The minimum Gasteiger partial charge on any atom is -0.325 e. The number of hydrogen-bond acceptors (Lipinski definition) is 3. The van der Waals surface area contributed by atoms with Crippen LogP contribution in [0.4, 0.5) is 10.6 Å². The molecule has 1 saturated heterocycles. The molecule has 1 aromatic rings. The van der Waals surface area contributed by atoms with Crippen LogP contribution in [0.2, 0.25) is 5.02 Å². The highest BCUT2D eigenvalue weighted by Crippen LogP contribution is 2.20. The maximum absolute atomic E-state index is 12.3. The number of carbonyl (C=O) groups excluding carboxylic acids is 2. The van der Waals surface area contributed by atoms with Gasteiger partial charge >= 0.3 is 6.03 Å². The third kappa shape index (κ3) is 4.58. The van der Waals surface area contributed by atoms with Crippen LogP contribution in [0.3, 0.4) is 0 Å². The molecular formula is C16H23ClN4O2. The Balaban J connectivity index is 1.85. The summed E-state index contributed by atoms with van der Waals surface area (Å²) in [5, 5.41) is 3.34. The summed E-state index contributed by atoms with van der Waals surface area (Å²) in [6, 6.07) is 3.43. The zero-order valence-electron chi connectivity index (χ0n) is 13.6. The summed E-state index contributed by atoms with van der Waals surface area (Å²) >= 11 is 5.78. The number of nitrogens with one attached hydrogen (secondary N) is 1. The highest BCUT2D eigenvalue weighted by atomic mass is 35.5. The second-order valence-corrected chi connectivity index (χ2v) is 6.00. The van der Waals surface area contributed by atoms with Gasteiger partial charge in [0.2, 0.25) is 5.91 Å². The number of pyridine rings is 1. The average Bonchev–Trinajstić information content (AvgIpc) is 2.58. The van der Waals surface area contributed by atoms with Gasteiger partial charge in [-0.2, -0.15) is 0 Å². The van der Waals surface area contributed by atoms with E-state index < -0.39 is 0 Å². The van der Waals surface area contributed by atoms with Crippen molar-refractivity contribution in [3.8, 4) is 0 Å². The van der Waals surface area contributed by atoms with Crippen molar-refractivity contribution >= 4 is 29.4 Å². The lowest BCUT2D eigenvalue weighted by Gasteiger charge is -2.34. The van der Waals surface area contributed by atoms with E-state index in [1.54, 1.807) is 17.0 Å². The second kappa shape index (κ2) is 8.15. The third-order valence-corrected chi connectivity index (χ3v) is 4.37. The molecule has 2 rings (SSSR count). The Bertz CT molecular complexity index is 538. The van der Waals surface area contributed by atoms with Crippen molar-refractivity contribution in [1.82, 2.24) is 14.8 Å². The first-order valence-corrected chi connectivity index (χ1v) is 8.39. The van der Waals surface area contributed by atoms with E-state index in [4.69, 9.17) is 11.6 Å². The van der Waals surface area contributed by atoms with Crippen LogP contribution in [0.1, 0.15) is 26.7 Å². The molecule has 2 heterocycles. The molecule has 0 aliphatic carbocycles. The van der Waals surface area contributed by atoms with Crippen molar-refractivity contribution in [2.24, 2.45) is 5.92 Å². The van der Waals surface area contributed by atoms with Gasteiger partial charge in [0.05, 0.1) is 5.02 Å². The lowest BCUT2D eigenvalue weighted by Crippen LogP contribution is -2.47. The topological polar surface area (TPSA) is 65.5 Å². The van der Waals surface area contributed by atoms with E-state index in [1.165, 1.54) is 6.20 Å². The van der Waals surface area contributed by atoms with Crippen molar-refractivity contribution in [2.75, 3.05) is 31.5 Å². The third-order valence-electron chi connectivity index (χ3n) is 4.15. The van der Waals surface area contributed by atoms with Crippen LogP contribution in [-0.2, 0) is 4.79 Å². The molecule has 6 nitrogen and oxygen atoms in total. The molecule has 1 fully saturated rings. The number of piperidine rings is 1.